The van der Waals surface area contributed by atoms with Crippen molar-refractivity contribution in [2.75, 3.05) is 28.9 Å². The molecule has 0 aromatic heterocycles. The second-order valence-corrected chi connectivity index (χ2v) is 11.2. The minimum Gasteiger partial charge on any atom is -0.476 e. The Bertz CT molecular complexity index is 1850. The van der Waals surface area contributed by atoms with Gasteiger partial charge in [0.05, 0.1) is 17.0 Å². The van der Waals surface area contributed by atoms with Gasteiger partial charge in [0.2, 0.25) is 0 Å². The van der Waals surface area contributed by atoms with Crippen molar-refractivity contribution in [1.29, 1.82) is 0 Å². The summed E-state index contributed by atoms with van der Waals surface area (Å²) in [5.41, 5.74) is 7.24. The Hall–Kier alpha value is -5.95. The number of benzene rings is 4. The molecule has 1 heterocycles. The lowest BCUT2D eigenvalue weighted by atomic mass is 10.0. The molecule has 6 rings (SSSR count). The predicted octanol–water partition coefficient (Wildman–Crippen LogP) is 7.99. The summed E-state index contributed by atoms with van der Waals surface area (Å²) in [6, 6.07) is 37.3. The number of hydrogen-bond donors (Lipinski definition) is 1. The van der Waals surface area contributed by atoms with Crippen LogP contribution in [0.3, 0.4) is 0 Å². The van der Waals surface area contributed by atoms with Crippen LogP contribution >= 0.6 is 0 Å². The van der Waals surface area contributed by atoms with Crippen LogP contribution in [0.25, 0.3) is 6.08 Å². The maximum absolute atomic E-state index is 13.7. The lowest BCUT2D eigenvalue weighted by Gasteiger charge is -2.28. The summed E-state index contributed by atoms with van der Waals surface area (Å²) >= 11 is 0. The van der Waals surface area contributed by atoms with Gasteiger partial charge in [-0.1, -0.05) is 85.0 Å². The molecule has 7 nitrogen and oxygen atoms in total. The molecule has 1 aliphatic heterocycles. The number of nitrogens with zero attached hydrogens (tertiary/aromatic N) is 4. The molecule has 0 unspecified atom stereocenters. The number of carboxylic acid groups (broad SMARTS) is 1. The lowest BCUT2D eigenvalue weighted by molar-refractivity contribution is -0.129. The third-order valence-electron chi connectivity index (χ3n) is 7.92. The van der Waals surface area contributed by atoms with E-state index in [4.69, 9.17) is 0 Å². The average Bonchev–Trinajstić information content (AvgIpc) is 3.63. The van der Waals surface area contributed by atoms with E-state index >= 15 is 0 Å². The molecule has 4 aromatic rings. The zero-order valence-electron chi connectivity index (χ0n) is 25.7. The fourth-order valence-electron chi connectivity index (χ4n) is 5.64. The monoisotopic (exact) mass is 606 g/mol. The summed E-state index contributed by atoms with van der Waals surface area (Å²) in [7, 11) is 4.04. The van der Waals surface area contributed by atoms with Gasteiger partial charge in [0.15, 0.2) is 5.71 Å². The molecule has 46 heavy (non-hydrogen) atoms. The Morgan fingerprint density at radius 2 is 1.37 bits per heavy atom. The van der Waals surface area contributed by atoms with Gasteiger partial charge in [-0.05, 0) is 84.2 Å². The van der Waals surface area contributed by atoms with E-state index in [1.165, 1.54) is 0 Å². The van der Waals surface area contributed by atoms with Crippen LogP contribution in [0.5, 0.6) is 0 Å². The number of amides is 1. The summed E-state index contributed by atoms with van der Waals surface area (Å²) in [4.78, 5) is 30.3. The van der Waals surface area contributed by atoms with Gasteiger partial charge >= 0.3 is 5.97 Å². The largest absolute Gasteiger partial charge is 0.476 e. The molecule has 0 saturated carbocycles. The molecular formula is C39H34N4O3. The molecule has 2 aliphatic rings. The molecule has 0 saturated heterocycles. The third kappa shape index (κ3) is 6.30. The van der Waals surface area contributed by atoms with E-state index in [0.717, 1.165) is 44.5 Å². The molecule has 0 bridgehead atoms. The summed E-state index contributed by atoms with van der Waals surface area (Å²) in [5.74, 6) is -1.72. The highest BCUT2D eigenvalue weighted by molar-refractivity contribution is 6.52. The van der Waals surface area contributed by atoms with Crippen LogP contribution in [0.1, 0.15) is 18.4 Å². The average molecular weight is 607 g/mol. The van der Waals surface area contributed by atoms with Crippen molar-refractivity contribution in [3.8, 4) is 0 Å². The van der Waals surface area contributed by atoms with Crippen LogP contribution < -0.4 is 14.8 Å². The van der Waals surface area contributed by atoms with Crippen molar-refractivity contribution >= 4 is 46.4 Å². The summed E-state index contributed by atoms with van der Waals surface area (Å²) in [6.45, 7) is 0. The normalized spacial score (nSPS) is 16.5. The highest BCUT2D eigenvalue weighted by Crippen LogP contribution is 2.42. The van der Waals surface area contributed by atoms with E-state index in [2.05, 4.69) is 51.3 Å². The quantitative estimate of drug-likeness (QED) is 0.196. The smallest absolute Gasteiger partial charge is 0.357 e. The molecule has 7 heteroatoms. The number of hydrogen-bond acceptors (Lipinski definition) is 5. The molecule has 1 amide bonds. The van der Waals surface area contributed by atoms with E-state index in [9.17, 15) is 14.7 Å². The third-order valence-corrected chi connectivity index (χ3v) is 7.92. The maximum Gasteiger partial charge on any atom is 0.357 e. The summed E-state index contributed by atoms with van der Waals surface area (Å²) < 4.78 is 0. The molecule has 4 aromatic carbocycles. The van der Waals surface area contributed by atoms with Crippen molar-refractivity contribution in [2.45, 2.75) is 12.8 Å². The fourth-order valence-corrected chi connectivity index (χ4v) is 5.64. The van der Waals surface area contributed by atoms with Crippen LogP contribution in [0.4, 0.5) is 22.7 Å². The van der Waals surface area contributed by atoms with Gasteiger partial charge in [-0.15, -0.1) is 0 Å². The second kappa shape index (κ2) is 13.4. The van der Waals surface area contributed by atoms with E-state index in [-0.39, 0.29) is 11.3 Å². The highest BCUT2D eigenvalue weighted by Gasteiger charge is 2.36. The number of rotatable bonds is 9. The van der Waals surface area contributed by atoms with Gasteiger partial charge in [0.25, 0.3) is 5.91 Å². The first-order valence-corrected chi connectivity index (χ1v) is 15.1. The summed E-state index contributed by atoms with van der Waals surface area (Å²) in [5, 5.41) is 15.5. The number of carbonyl (C=O) groups is 2. The lowest BCUT2D eigenvalue weighted by Crippen LogP contribution is -2.22. The number of para-hydroxylation sites is 3. The van der Waals surface area contributed by atoms with Crippen LogP contribution in [0, 0.1) is 0 Å². The number of anilines is 4. The van der Waals surface area contributed by atoms with Crippen LogP contribution in [0.2, 0.25) is 0 Å². The van der Waals surface area contributed by atoms with E-state index in [1.807, 2.05) is 86.9 Å². The van der Waals surface area contributed by atoms with Gasteiger partial charge in [-0.3, -0.25) is 4.79 Å². The van der Waals surface area contributed by atoms with Crippen LogP contribution in [-0.4, -0.2) is 36.8 Å². The maximum atomic E-state index is 13.7. The van der Waals surface area contributed by atoms with E-state index in [1.54, 1.807) is 30.3 Å². The number of allylic oxidation sites excluding steroid dienone is 5. The van der Waals surface area contributed by atoms with E-state index < -0.39 is 11.9 Å². The van der Waals surface area contributed by atoms with Crippen molar-refractivity contribution in [3.05, 3.63) is 161 Å². The number of hydrazone groups is 1. The minimum absolute atomic E-state index is 0.0581. The van der Waals surface area contributed by atoms with Gasteiger partial charge in [0, 0.05) is 31.2 Å². The van der Waals surface area contributed by atoms with Gasteiger partial charge in [-0.2, -0.15) is 10.1 Å². The minimum atomic E-state index is -1.25. The number of aliphatic carboxylic acids is 1. The topological polar surface area (TPSA) is 76.5 Å². The van der Waals surface area contributed by atoms with Crippen LogP contribution in [-0.2, 0) is 9.59 Å². The first-order chi connectivity index (χ1) is 22.4. The van der Waals surface area contributed by atoms with E-state index in [0.29, 0.717) is 18.5 Å². The van der Waals surface area contributed by atoms with Crippen LogP contribution in [0.15, 0.2) is 161 Å². The molecule has 0 fully saturated rings. The Balaban J connectivity index is 1.48. The van der Waals surface area contributed by atoms with Gasteiger partial charge in [0.1, 0.15) is 0 Å². The van der Waals surface area contributed by atoms with Crippen molar-refractivity contribution in [1.82, 2.24) is 0 Å². The number of carboxylic acids is 1. The molecule has 1 N–H and O–H groups in total. The Kier molecular flexibility index (Phi) is 8.74. The molecule has 0 radical (unpaired) electrons. The zero-order valence-corrected chi connectivity index (χ0v) is 25.7. The molecule has 0 atom stereocenters. The number of carbonyl (C=O) groups excluding carboxylic acids is 1. The highest BCUT2D eigenvalue weighted by atomic mass is 16.4. The second-order valence-electron chi connectivity index (χ2n) is 11.2. The Morgan fingerprint density at radius 3 is 1.93 bits per heavy atom. The SMILES string of the molecule is CN(C)c1ccc(C=CC=C2CCC(C=C3C(=O)N(c4ccccc4)N=C3C(=O)O)=C2N(c2ccccc2)c2ccccc2)cc1. The predicted molar refractivity (Wildman–Crippen MR) is 186 cm³/mol. The van der Waals surface area contributed by atoms with Crippen molar-refractivity contribution < 1.29 is 14.7 Å². The first-order valence-electron chi connectivity index (χ1n) is 15.1. The molecule has 0 spiro atoms. The van der Waals surface area contributed by atoms with Gasteiger partial charge < -0.3 is 14.9 Å². The Labute approximate surface area is 269 Å². The van der Waals surface area contributed by atoms with Crippen molar-refractivity contribution in [3.63, 3.8) is 0 Å². The molecular weight excluding hydrogens is 572 g/mol. The zero-order chi connectivity index (χ0) is 32.0. The first kappa shape index (κ1) is 30.1. The Morgan fingerprint density at radius 1 is 0.783 bits per heavy atom. The van der Waals surface area contributed by atoms with Gasteiger partial charge in [-0.25, -0.2) is 4.79 Å². The standard InChI is InChI=1S/C39H34N4O3/c1-41(2)31-25-21-28(22-26-31)13-12-14-29-23-24-30(37(29)42(32-15-6-3-7-16-32)33-17-8-4-9-18-33)27-35-36(39(45)46)40-43(38(35)44)34-19-10-5-11-20-34/h3-22,25-27H,23-24H2,1-2H3,(H,45,46). The molecule has 1 aliphatic carbocycles. The fraction of sp³-hybridized carbons (Fsp3) is 0.103. The van der Waals surface area contributed by atoms with Crippen molar-refractivity contribution in [2.24, 2.45) is 5.10 Å². The molecule has 228 valence electrons. The summed E-state index contributed by atoms with van der Waals surface area (Å²) in [6.07, 6.45) is 9.29.